The number of nitrogens with one attached hydrogen (secondary N) is 1. The van der Waals surface area contributed by atoms with E-state index in [1.807, 2.05) is 30.8 Å². The molecule has 2 aromatic heterocycles. The number of thioether (sulfide) groups is 2. The van der Waals surface area contributed by atoms with Crippen LogP contribution in [0.15, 0.2) is 47.0 Å². The molecule has 4 aromatic rings. The lowest BCUT2D eigenvalue weighted by molar-refractivity contribution is 0.354. The molecule has 0 atom stereocenters. The summed E-state index contributed by atoms with van der Waals surface area (Å²) in [6, 6.07) is 8.17. The maximum absolute atomic E-state index is 6.30. The van der Waals surface area contributed by atoms with Crippen LogP contribution in [-0.4, -0.2) is 67.4 Å². The highest BCUT2D eigenvalue weighted by Gasteiger charge is 2.18. The molecule has 0 unspecified atom stereocenters. The first-order valence-corrected chi connectivity index (χ1v) is 18.5. The standard InChI is InChI=1S/C19H27N3O2S.C17H21ClN2O2S/c1-7-20-18-14(11-21-19(22-18)25-6)8-13-9-16(23-4)17(24-5)10-15(13)12(2)3;1-10(2)13-8-15(22-4)14(21-3)7-11(13)6-12-9-19-17(23-5)20-16(12)18/h9-12H,7-8H2,1-6H3,(H,20,21,22);7-10H,6H2,1-5H3. The summed E-state index contributed by atoms with van der Waals surface area (Å²) in [5, 5.41) is 5.30. The normalized spacial score (nSPS) is 10.9. The monoisotopic (exact) mass is 713 g/mol. The van der Waals surface area contributed by atoms with Crippen LogP contribution in [0.1, 0.15) is 79.8 Å². The first-order chi connectivity index (χ1) is 23.0. The highest BCUT2D eigenvalue weighted by Crippen LogP contribution is 2.37. The second kappa shape index (κ2) is 19.0. The fourth-order valence-electron chi connectivity index (χ4n) is 5.19. The molecule has 0 saturated heterocycles. The van der Waals surface area contributed by atoms with Crippen LogP contribution in [0.25, 0.3) is 0 Å². The second-order valence-electron chi connectivity index (χ2n) is 11.4. The van der Waals surface area contributed by atoms with Crippen LogP contribution in [-0.2, 0) is 12.8 Å². The van der Waals surface area contributed by atoms with Crippen LogP contribution in [0.3, 0.4) is 0 Å². The Morgan fingerprint density at radius 3 is 1.46 bits per heavy atom. The van der Waals surface area contributed by atoms with Crippen LogP contribution in [0.2, 0.25) is 5.15 Å². The van der Waals surface area contributed by atoms with Gasteiger partial charge in [-0.1, -0.05) is 62.8 Å². The predicted molar refractivity (Wildman–Crippen MR) is 200 cm³/mol. The van der Waals surface area contributed by atoms with Gasteiger partial charge < -0.3 is 24.3 Å². The van der Waals surface area contributed by atoms with Gasteiger partial charge in [0.2, 0.25) is 0 Å². The molecule has 0 amide bonds. The lowest BCUT2D eigenvalue weighted by Crippen LogP contribution is -2.08. The molecule has 9 nitrogen and oxygen atoms in total. The number of methoxy groups -OCH3 is 4. The van der Waals surface area contributed by atoms with Crippen LogP contribution in [0, 0.1) is 0 Å². The summed E-state index contributed by atoms with van der Waals surface area (Å²) in [6.07, 6.45) is 9.01. The topological polar surface area (TPSA) is 101 Å². The zero-order valence-corrected chi connectivity index (χ0v) is 32.2. The van der Waals surface area contributed by atoms with Gasteiger partial charge in [0.25, 0.3) is 0 Å². The van der Waals surface area contributed by atoms with Crippen molar-refractivity contribution in [2.24, 2.45) is 0 Å². The molecule has 0 fully saturated rings. The van der Waals surface area contributed by atoms with E-state index in [1.54, 1.807) is 46.4 Å². The average molecular weight is 714 g/mol. The molecular formula is C36H48ClN5O4S2. The maximum atomic E-state index is 6.30. The first kappa shape index (κ1) is 39.0. The first-order valence-electron chi connectivity index (χ1n) is 15.7. The molecule has 2 heterocycles. The molecule has 0 bridgehead atoms. The number of ether oxygens (including phenoxy) is 4. The highest BCUT2D eigenvalue weighted by atomic mass is 35.5. The number of hydrogen-bond donors (Lipinski definition) is 1. The van der Waals surface area contributed by atoms with Gasteiger partial charge in [0.15, 0.2) is 33.3 Å². The lowest BCUT2D eigenvalue weighted by atomic mass is 9.92. The fraction of sp³-hybridized carbons (Fsp3) is 0.444. The predicted octanol–water partition coefficient (Wildman–Crippen LogP) is 8.95. The van der Waals surface area contributed by atoms with E-state index in [0.717, 1.165) is 57.9 Å². The number of aromatic nitrogens is 4. The van der Waals surface area contributed by atoms with Gasteiger partial charge in [-0.05, 0) is 77.8 Å². The SMILES string of the molecule is CCNc1nc(SC)ncc1Cc1cc(OC)c(OC)cc1C(C)C.COc1cc(Cc2cnc(SC)nc2Cl)c(C(C)C)cc1OC. The van der Waals surface area contributed by atoms with E-state index in [4.69, 9.17) is 30.5 Å². The van der Waals surface area contributed by atoms with Crippen molar-refractivity contribution in [1.82, 2.24) is 19.9 Å². The minimum Gasteiger partial charge on any atom is -0.493 e. The zero-order chi connectivity index (χ0) is 35.4. The quantitative estimate of drug-likeness (QED) is 0.0770. The molecule has 48 heavy (non-hydrogen) atoms. The van der Waals surface area contributed by atoms with Crippen molar-refractivity contribution in [3.8, 4) is 23.0 Å². The fourth-order valence-corrected chi connectivity index (χ4v) is 6.12. The summed E-state index contributed by atoms with van der Waals surface area (Å²) in [4.78, 5) is 17.7. The van der Waals surface area contributed by atoms with Crippen LogP contribution < -0.4 is 24.3 Å². The molecule has 260 valence electrons. The molecule has 0 aliphatic rings. The Labute approximate surface area is 299 Å². The van der Waals surface area contributed by atoms with E-state index in [-0.39, 0.29) is 0 Å². The average Bonchev–Trinajstić information content (AvgIpc) is 3.09. The second-order valence-corrected chi connectivity index (χ2v) is 13.3. The molecule has 0 spiro atoms. The van der Waals surface area contributed by atoms with Gasteiger partial charge in [-0.3, -0.25) is 0 Å². The summed E-state index contributed by atoms with van der Waals surface area (Å²) in [5.74, 6) is 4.58. The van der Waals surface area contributed by atoms with Crippen molar-refractivity contribution in [2.45, 2.75) is 69.6 Å². The molecule has 12 heteroatoms. The van der Waals surface area contributed by atoms with Crippen LogP contribution in [0.5, 0.6) is 23.0 Å². The number of rotatable bonds is 14. The van der Waals surface area contributed by atoms with Gasteiger partial charge in [0.1, 0.15) is 11.0 Å². The van der Waals surface area contributed by atoms with Gasteiger partial charge in [0.05, 0.1) is 28.4 Å². The molecule has 0 radical (unpaired) electrons. The molecule has 2 aromatic carbocycles. The van der Waals surface area contributed by atoms with E-state index in [9.17, 15) is 0 Å². The number of nitrogens with zero attached hydrogens (tertiary/aromatic N) is 4. The third kappa shape index (κ3) is 10.1. The Morgan fingerprint density at radius 2 is 1.06 bits per heavy atom. The smallest absolute Gasteiger partial charge is 0.189 e. The Balaban J connectivity index is 0.000000261. The Morgan fingerprint density at radius 1 is 0.646 bits per heavy atom. The Kier molecular flexibility index (Phi) is 15.4. The van der Waals surface area contributed by atoms with E-state index in [1.165, 1.54) is 28.5 Å². The van der Waals surface area contributed by atoms with Gasteiger partial charge in [-0.2, -0.15) is 0 Å². The minimum absolute atomic E-state index is 0.356. The van der Waals surface area contributed by atoms with Gasteiger partial charge in [-0.25, -0.2) is 19.9 Å². The van der Waals surface area contributed by atoms with Gasteiger partial charge in [-0.15, -0.1) is 0 Å². The van der Waals surface area contributed by atoms with Crippen molar-refractivity contribution in [1.29, 1.82) is 0 Å². The van der Waals surface area contributed by atoms with Crippen LogP contribution in [0.4, 0.5) is 5.82 Å². The summed E-state index contributed by atoms with van der Waals surface area (Å²) in [5.41, 5.74) is 6.77. The van der Waals surface area contributed by atoms with Crippen molar-refractivity contribution < 1.29 is 18.9 Å². The summed E-state index contributed by atoms with van der Waals surface area (Å²) < 4.78 is 21.8. The number of halogens is 1. The van der Waals surface area contributed by atoms with Crippen molar-refractivity contribution in [3.63, 3.8) is 0 Å². The third-order valence-corrected chi connectivity index (χ3v) is 9.09. The van der Waals surface area contributed by atoms with Crippen LogP contribution >= 0.6 is 35.1 Å². The summed E-state index contributed by atoms with van der Waals surface area (Å²) in [7, 11) is 6.62. The molecular weight excluding hydrogens is 666 g/mol. The zero-order valence-electron chi connectivity index (χ0n) is 29.9. The van der Waals surface area contributed by atoms with E-state index < -0.39 is 0 Å². The third-order valence-electron chi connectivity index (χ3n) is 7.64. The number of benzene rings is 2. The van der Waals surface area contributed by atoms with E-state index >= 15 is 0 Å². The molecule has 4 rings (SSSR count). The largest absolute Gasteiger partial charge is 0.493 e. The molecule has 0 aliphatic heterocycles. The lowest BCUT2D eigenvalue weighted by Gasteiger charge is -2.18. The van der Waals surface area contributed by atoms with Crippen molar-refractivity contribution in [3.05, 3.63) is 75.2 Å². The number of hydrogen-bond acceptors (Lipinski definition) is 11. The minimum atomic E-state index is 0.356. The summed E-state index contributed by atoms with van der Waals surface area (Å²) in [6.45, 7) is 11.6. The highest BCUT2D eigenvalue weighted by molar-refractivity contribution is 7.98. The van der Waals surface area contributed by atoms with E-state index in [2.05, 4.69) is 72.0 Å². The Bertz CT molecular complexity index is 1660. The van der Waals surface area contributed by atoms with E-state index in [0.29, 0.717) is 34.3 Å². The number of anilines is 1. The molecule has 0 aliphatic carbocycles. The summed E-state index contributed by atoms with van der Waals surface area (Å²) >= 11 is 9.32. The molecule has 1 N–H and O–H groups in total. The van der Waals surface area contributed by atoms with Gasteiger partial charge >= 0.3 is 0 Å². The van der Waals surface area contributed by atoms with Gasteiger partial charge in [0, 0.05) is 42.9 Å². The van der Waals surface area contributed by atoms with Crippen molar-refractivity contribution in [2.75, 3.05) is 52.8 Å². The maximum Gasteiger partial charge on any atom is 0.189 e. The molecule has 0 saturated carbocycles. The van der Waals surface area contributed by atoms with Crippen molar-refractivity contribution >= 4 is 40.9 Å². The Hall–Kier alpha value is -3.41.